The first-order valence-corrected chi connectivity index (χ1v) is 9.31. The fraction of sp³-hybridized carbons (Fsp3) is 0.722. The van der Waals surface area contributed by atoms with Gasteiger partial charge in [-0.05, 0) is 45.1 Å². The quantitative estimate of drug-likeness (QED) is 0.902. The largest absolute Gasteiger partial charge is 0.444 e. The van der Waals surface area contributed by atoms with Crippen LogP contribution in [0.5, 0.6) is 0 Å². The van der Waals surface area contributed by atoms with Crippen molar-refractivity contribution < 1.29 is 9.53 Å². The number of amides is 1. The monoisotopic (exact) mass is 338 g/mol. The zero-order valence-electron chi connectivity index (χ0n) is 15.0. The molecule has 1 saturated heterocycles. The number of rotatable bonds is 4. The average molecular weight is 339 g/mol. The molecule has 1 N–H and O–H groups in total. The molecule has 130 valence electrons. The van der Waals surface area contributed by atoms with E-state index < -0.39 is 5.60 Å². The van der Waals surface area contributed by atoms with Crippen LogP contribution in [0, 0.1) is 0 Å². The van der Waals surface area contributed by atoms with Crippen LogP contribution in [0.1, 0.15) is 52.3 Å². The van der Waals surface area contributed by atoms with Crippen molar-refractivity contribution >= 4 is 17.4 Å². The van der Waals surface area contributed by atoms with Crippen LogP contribution in [-0.2, 0) is 10.2 Å². The minimum Gasteiger partial charge on any atom is -0.444 e. The minimum atomic E-state index is -0.432. The second kappa shape index (κ2) is 7.22. The van der Waals surface area contributed by atoms with Gasteiger partial charge in [-0.1, -0.05) is 19.9 Å². The van der Waals surface area contributed by atoms with Gasteiger partial charge in [0.05, 0.1) is 0 Å². The number of thiophene rings is 1. The Labute approximate surface area is 144 Å². The first-order chi connectivity index (χ1) is 10.7. The molecule has 0 radical (unpaired) electrons. The predicted octanol–water partition coefficient (Wildman–Crippen LogP) is 4.01. The van der Waals surface area contributed by atoms with Gasteiger partial charge in [0.15, 0.2) is 0 Å². The Morgan fingerprint density at radius 2 is 2.13 bits per heavy atom. The van der Waals surface area contributed by atoms with Crippen molar-refractivity contribution in [2.24, 2.45) is 0 Å². The Morgan fingerprint density at radius 1 is 1.39 bits per heavy atom. The van der Waals surface area contributed by atoms with Gasteiger partial charge < -0.3 is 15.0 Å². The molecule has 1 unspecified atom stereocenters. The third kappa shape index (κ3) is 5.50. The van der Waals surface area contributed by atoms with Gasteiger partial charge in [-0.15, -0.1) is 11.3 Å². The summed E-state index contributed by atoms with van der Waals surface area (Å²) < 4.78 is 5.49. The molecular weight excluding hydrogens is 308 g/mol. The van der Waals surface area contributed by atoms with Crippen molar-refractivity contribution in [1.29, 1.82) is 0 Å². The molecule has 0 aliphatic carbocycles. The highest BCUT2D eigenvalue weighted by molar-refractivity contribution is 7.10. The van der Waals surface area contributed by atoms with Crippen LogP contribution in [0.3, 0.4) is 0 Å². The maximum absolute atomic E-state index is 12.2. The molecule has 1 aliphatic rings. The SMILES string of the molecule is CC(C)(C)OC(=O)N1CCCC(NCC(C)(C)c2cccs2)C1. The number of nitrogens with one attached hydrogen (secondary N) is 1. The summed E-state index contributed by atoms with van der Waals surface area (Å²) in [7, 11) is 0. The highest BCUT2D eigenvalue weighted by atomic mass is 32.1. The molecule has 0 bridgehead atoms. The minimum absolute atomic E-state index is 0.113. The smallest absolute Gasteiger partial charge is 0.410 e. The molecule has 1 amide bonds. The Hall–Kier alpha value is -1.07. The first kappa shape index (κ1) is 18.3. The molecule has 0 aromatic carbocycles. The van der Waals surface area contributed by atoms with Gasteiger partial charge in [0, 0.05) is 36.0 Å². The number of likely N-dealkylation sites (tertiary alicyclic amines) is 1. The Balaban J connectivity index is 1.86. The Kier molecular flexibility index (Phi) is 5.74. The molecule has 1 aromatic heterocycles. The van der Waals surface area contributed by atoms with E-state index in [1.807, 2.05) is 25.7 Å². The van der Waals surface area contributed by atoms with Gasteiger partial charge in [0.25, 0.3) is 0 Å². The van der Waals surface area contributed by atoms with Gasteiger partial charge in [0.2, 0.25) is 0 Å². The van der Waals surface area contributed by atoms with Gasteiger partial charge in [-0.2, -0.15) is 0 Å². The lowest BCUT2D eigenvalue weighted by atomic mass is 9.90. The summed E-state index contributed by atoms with van der Waals surface area (Å²) >= 11 is 1.80. The van der Waals surface area contributed by atoms with Crippen molar-refractivity contribution in [2.75, 3.05) is 19.6 Å². The third-order valence-corrected chi connectivity index (χ3v) is 5.33. The van der Waals surface area contributed by atoms with Crippen LogP contribution in [-0.4, -0.2) is 42.3 Å². The van der Waals surface area contributed by atoms with Crippen LogP contribution in [0.15, 0.2) is 17.5 Å². The van der Waals surface area contributed by atoms with Crippen LogP contribution in [0.2, 0.25) is 0 Å². The van der Waals surface area contributed by atoms with Gasteiger partial charge >= 0.3 is 6.09 Å². The van der Waals surface area contributed by atoms with Crippen LogP contribution in [0.25, 0.3) is 0 Å². The lowest BCUT2D eigenvalue weighted by molar-refractivity contribution is 0.0186. The number of carbonyl (C=O) groups is 1. The van der Waals surface area contributed by atoms with E-state index in [1.165, 1.54) is 4.88 Å². The molecule has 1 aromatic rings. The highest BCUT2D eigenvalue weighted by Gasteiger charge is 2.29. The summed E-state index contributed by atoms with van der Waals surface area (Å²) in [4.78, 5) is 15.5. The maximum Gasteiger partial charge on any atom is 0.410 e. The van der Waals surface area contributed by atoms with Crippen molar-refractivity contribution in [3.8, 4) is 0 Å². The fourth-order valence-corrected chi connectivity index (χ4v) is 3.64. The van der Waals surface area contributed by atoms with Crippen LogP contribution in [0.4, 0.5) is 4.79 Å². The van der Waals surface area contributed by atoms with Gasteiger partial charge in [0.1, 0.15) is 5.60 Å². The molecule has 2 heterocycles. The predicted molar refractivity (Wildman–Crippen MR) is 96.2 cm³/mol. The zero-order chi connectivity index (χ0) is 17.1. The summed E-state index contributed by atoms with van der Waals surface area (Å²) in [5.74, 6) is 0. The highest BCUT2D eigenvalue weighted by Crippen LogP contribution is 2.27. The van der Waals surface area contributed by atoms with E-state index in [1.54, 1.807) is 11.3 Å². The van der Waals surface area contributed by atoms with E-state index in [-0.39, 0.29) is 11.5 Å². The van der Waals surface area contributed by atoms with Crippen molar-refractivity contribution in [3.05, 3.63) is 22.4 Å². The van der Waals surface area contributed by atoms with E-state index in [9.17, 15) is 4.79 Å². The zero-order valence-corrected chi connectivity index (χ0v) is 15.8. The molecule has 0 saturated carbocycles. The third-order valence-electron chi connectivity index (χ3n) is 4.09. The number of hydrogen-bond donors (Lipinski definition) is 1. The average Bonchev–Trinajstić information content (AvgIpc) is 2.99. The Morgan fingerprint density at radius 3 is 2.74 bits per heavy atom. The molecule has 0 spiro atoms. The second-order valence-electron chi connectivity index (χ2n) is 8.01. The lowest BCUT2D eigenvalue weighted by Crippen LogP contribution is -2.51. The summed E-state index contributed by atoms with van der Waals surface area (Å²) in [5.41, 5.74) is -0.318. The molecule has 1 atom stereocenters. The van der Waals surface area contributed by atoms with Gasteiger partial charge in [-0.3, -0.25) is 0 Å². The second-order valence-corrected chi connectivity index (χ2v) is 8.96. The summed E-state index contributed by atoms with van der Waals surface area (Å²) in [6, 6.07) is 4.64. The maximum atomic E-state index is 12.2. The van der Waals surface area contributed by atoms with E-state index in [4.69, 9.17) is 4.74 Å². The number of carbonyl (C=O) groups excluding carboxylic acids is 1. The first-order valence-electron chi connectivity index (χ1n) is 8.43. The van der Waals surface area contributed by atoms with E-state index >= 15 is 0 Å². The van der Waals surface area contributed by atoms with E-state index in [0.717, 1.165) is 32.5 Å². The summed E-state index contributed by atoms with van der Waals surface area (Å²) in [6.45, 7) is 12.7. The number of nitrogens with zero attached hydrogens (tertiary/aromatic N) is 1. The molecule has 23 heavy (non-hydrogen) atoms. The van der Waals surface area contributed by atoms with Crippen molar-refractivity contribution in [2.45, 2.75) is 64.5 Å². The van der Waals surface area contributed by atoms with E-state index in [0.29, 0.717) is 6.04 Å². The molecule has 4 nitrogen and oxygen atoms in total. The number of hydrogen-bond acceptors (Lipinski definition) is 4. The van der Waals surface area contributed by atoms with Crippen LogP contribution < -0.4 is 5.32 Å². The Bertz CT molecular complexity index is 506. The van der Waals surface area contributed by atoms with Crippen molar-refractivity contribution in [1.82, 2.24) is 10.2 Å². The number of ether oxygens (including phenoxy) is 1. The molecule has 1 fully saturated rings. The summed E-state index contributed by atoms with van der Waals surface area (Å²) in [6.07, 6.45) is 1.94. The van der Waals surface area contributed by atoms with E-state index in [2.05, 4.69) is 36.7 Å². The topological polar surface area (TPSA) is 41.6 Å². The molecule has 1 aliphatic heterocycles. The molecule has 2 rings (SSSR count). The molecular formula is C18H30N2O2S. The van der Waals surface area contributed by atoms with Crippen LogP contribution >= 0.6 is 11.3 Å². The normalized spacial score (nSPS) is 19.7. The standard InChI is InChI=1S/C18H30N2O2S/c1-17(2,3)22-16(21)20-10-6-8-14(12-20)19-13-18(4,5)15-9-7-11-23-15/h7,9,11,14,19H,6,8,10,12-13H2,1-5H3. The van der Waals surface area contributed by atoms with Gasteiger partial charge in [-0.25, -0.2) is 4.79 Å². The van der Waals surface area contributed by atoms with Crippen molar-refractivity contribution in [3.63, 3.8) is 0 Å². The fourth-order valence-electron chi connectivity index (χ4n) is 2.79. The number of piperidine rings is 1. The summed E-state index contributed by atoms with van der Waals surface area (Å²) in [5, 5.41) is 5.78. The lowest BCUT2D eigenvalue weighted by Gasteiger charge is -2.36. The molecule has 5 heteroatoms.